The van der Waals surface area contributed by atoms with Gasteiger partial charge in [0.1, 0.15) is 5.52 Å². The molecule has 1 amide bonds. The van der Waals surface area contributed by atoms with E-state index in [1.165, 1.54) is 17.3 Å². The quantitative estimate of drug-likeness (QED) is 0.780. The van der Waals surface area contributed by atoms with Crippen molar-refractivity contribution in [3.05, 3.63) is 23.6 Å². The topological polar surface area (TPSA) is 68.2 Å². The first-order valence-corrected chi connectivity index (χ1v) is 5.56. The van der Waals surface area contributed by atoms with Crippen LogP contribution in [-0.4, -0.2) is 46.5 Å². The van der Waals surface area contributed by atoms with Crippen molar-refractivity contribution in [2.75, 3.05) is 20.7 Å². The van der Waals surface area contributed by atoms with E-state index in [4.69, 9.17) is 16.3 Å². The fourth-order valence-corrected chi connectivity index (χ4v) is 1.43. The Balaban J connectivity index is 2.18. The van der Waals surface area contributed by atoms with Crippen LogP contribution in [0.2, 0.25) is 5.15 Å². The summed E-state index contributed by atoms with van der Waals surface area (Å²) < 4.78 is 5.25. The van der Waals surface area contributed by atoms with Gasteiger partial charge in [0.2, 0.25) is 5.88 Å². The maximum Gasteiger partial charge on any atom is 0.260 e. The van der Waals surface area contributed by atoms with Crippen LogP contribution in [-0.2, 0) is 4.79 Å². The first-order chi connectivity index (χ1) is 8.58. The van der Waals surface area contributed by atoms with Gasteiger partial charge >= 0.3 is 0 Å². The first-order valence-electron chi connectivity index (χ1n) is 5.18. The Morgan fingerprint density at radius 1 is 1.44 bits per heavy atom. The number of hydrogen-bond donors (Lipinski definition) is 0. The number of amides is 1. The molecule has 94 valence electrons. The highest BCUT2D eigenvalue weighted by atomic mass is 35.5. The van der Waals surface area contributed by atoms with Crippen LogP contribution in [0.3, 0.4) is 0 Å². The molecule has 0 aromatic carbocycles. The summed E-state index contributed by atoms with van der Waals surface area (Å²) in [5, 5.41) is 0.288. The van der Waals surface area contributed by atoms with Crippen molar-refractivity contribution in [2.24, 2.45) is 0 Å². The summed E-state index contributed by atoms with van der Waals surface area (Å²) in [5.74, 6) is 0.129. The minimum Gasteiger partial charge on any atom is -0.466 e. The van der Waals surface area contributed by atoms with Crippen LogP contribution >= 0.6 is 11.6 Å². The van der Waals surface area contributed by atoms with Crippen molar-refractivity contribution >= 4 is 28.5 Å². The Morgan fingerprint density at radius 2 is 2.22 bits per heavy atom. The van der Waals surface area contributed by atoms with E-state index in [1.54, 1.807) is 20.2 Å². The van der Waals surface area contributed by atoms with E-state index in [-0.39, 0.29) is 23.5 Å². The van der Waals surface area contributed by atoms with Gasteiger partial charge in [0.15, 0.2) is 11.8 Å². The maximum atomic E-state index is 11.4. The number of fused-ring (bicyclic) bond motifs is 1. The number of rotatable bonds is 3. The second kappa shape index (κ2) is 5.14. The summed E-state index contributed by atoms with van der Waals surface area (Å²) in [6.45, 7) is -0.0774. The number of likely N-dealkylation sites (N-methyl/N-ethyl adjacent to an activating group) is 1. The smallest absolute Gasteiger partial charge is 0.260 e. The molecular formula is C11H11ClN4O2. The number of aromatic nitrogens is 3. The summed E-state index contributed by atoms with van der Waals surface area (Å²) in [6, 6.07) is 1.68. The number of hydrogen-bond acceptors (Lipinski definition) is 5. The molecule has 0 bridgehead atoms. The molecule has 0 saturated carbocycles. The fourth-order valence-electron chi connectivity index (χ4n) is 1.23. The van der Waals surface area contributed by atoms with E-state index in [2.05, 4.69) is 15.0 Å². The monoisotopic (exact) mass is 266 g/mol. The van der Waals surface area contributed by atoms with E-state index in [9.17, 15) is 4.79 Å². The van der Waals surface area contributed by atoms with E-state index >= 15 is 0 Å². The fraction of sp³-hybridized carbons (Fsp3) is 0.273. The Hall–Kier alpha value is -1.95. The van der Waals surface area contributed by atoms with Gasteiger partial charge in [0.25, 0.3) is 5.91 Å². The van der Waals surface area contributed by atoms with Crippen LogP contribution in [0, 0.1) is 0 Å². The van der Waals surface area contributed by atoms with Crippen molar-refractivity contribution in [1.29, 1.82) is 0 Å². The number of carbonyl (C=O) groups is 1. The molecule has 0 fully saturated rings. The highest BCUT2D eigenvalue weighted by Gasteiger charge is 2.08. The molecule has 7 heteroatoms. The van der Waals surface area contributed by atoms with E-state index in [0.29, 0.717) is 11.0 Å². The third-order valence-corrected chi connectivity index (χ3v) is 2.51. The zero-order valence-corrected chi connectivity index (χ0v) is 10.7. The molecule has 0 radical (unpaired) electrons. The maximum absolute atomic E-state index is 11.4. The average molecular weight is 267 g/mol. The molecule has 0 aliphatic heterocycles. The van der Waals surface area contributed by atoms with E-state index in [1.807, 2.05) is 0 Å². The van der Waals surface area contributed by atoms with Gasteiger partial charge in [-0.05, 0) is 6.07 Å². The number of nitrogens with zero attached hydrogens (tertiary/aromatic N) is 4. The van der Waals surface area contributed by atoms with E-state index in [0.717, 1.165) is 0 Å². The van der Waals surface area contributed by atoms with Crippen LogP contribution in [0.25, 0.3) is 11.0 Å². The lowest BCUT2D eigenvalue weighted by molar-refractivity contribution is -0.130. The zero-order valence-electron chi connectivity index (χ0n) is 9.92. The normalized spacial score (nSPS) is 10.4. The molecule has 0 aliphatic carbocycles. The Labute approximate surface area is 109 Å². The highest BCUT2D eigenvalue weighted by Crippen LogP contribution is 2.18. The number of ether oxygens (including phenoxy) is 1. The molecule has 18 heavy (non-hydrogen) atoms. The molecule has 0 saturated heterocycles. The molecule has 0 N–H and O–H groups in total. The number of halogens is 1. The summed E-state index contributed by atoms with van der Waals surface area (Å²) in [7, 11) is 3.31. The number of carbonyl (C=O) groups excluding carboxylic acids is 1. The van der Waals surface area contributed by atoms with Gasteiger partial charge in [-0.3, -0.25) is 4.79 Å². The molecule has 2 aromatic heterocycles. The van der Waals surface area contributed by atoms with Crippen LogP contribution < -0.4 is 4.74 Å². The van der Waals surface area contributed by atoms with Gasteiger partial charge in [-0.1, -0.05) is 11.6 Å². The second-order valence-electron chi connectivity index (χ2n) is 3.75. The van der Waals surface area contributed by atoms with Crippen molar-refractivity contribution in [1.82, 2.24) is 19.9 Å². The first kappa shape index (κ1) is 12.5. The molecular weight excluding hydrogens is 256 g/mol. The highest BCUT2D eigenvalue weighted by molar-refractivity contribution is 6.33. The van der Waals surface area contributed by atoms with Crippen LogP contribution in [0.5, 0.6) is 5.88 Å². The largest absolute Gasteiger partial charge is 0.466 e. The van der Waals surface area contributed by atoms with Crippen molar-refractivity contribution in [3.63, 3.8) is 0 Å². The lowest BCUT2D eigenvalue weighted by atomic mass is 10.4. The van der Waals surface area contributed by atoms with Gasteiger partial charge in [0.05, 0.1) is 11.7 Å². The standard InChI is InChI=1S/C11H11ClN4O2/c1-16(2)9(17)6-18-8-5-14-10-7(15-8)3-4-13-11(10)12/h3-5H,6H2,1-2H3. The summed E-state index contributed by atoms with van der Waals surface area (Å²) in [5.41, 5.74) is 1.08. The molecule has 2 aromatic rings. The van der Waals surface area contributed by atoms with Crippen LogP contribution in [0.1, 0.15) is 0 Å². The molecule has 6 nitrogen and oxygen atoms in total. The minimum atomic E-state index is -0.148. The summed E-state index contributed by atoms with van der Waals surface area (Å²) in [6.07, 6.45) is 2.95. The lowest BCUT2D eigenvalue weighted by Gasteiger charge is -2.10. The Kier molecular flexibility index (Phi) is 3.57. The lowest BCUT2D eigenvalue weighted by Crippen LogP contribution is -2.27. The summed E-state index contributed by atoms with van der Waals surface area (Å²) >= 11 is 5.86. The molecule has 0 unspecified atom stereocenters. The molecule has 0 spiro atoms. The minimum absolute atomic E-state index is 0.0774. The average Bonchev–Trinajstić information content (AvgIpc) is 2.36. The van der Waals surface area contributed by atoms with Gasteiger partial charge in [-0.2, -0.15) is 0 Å². The Morgan fingerprint density at radius 3 is 2.94 bits per heavy atom. The Bertz CT molecular complexity index is 588. The molecule has 2 rings (SSSR count). The van der Waals surface area contributed by atoms with Crippen LogP contribution in [0.4, 0.5) is 0 Å². The van der Waals surface area contributed by atoms with Gasteiger partial charge in [0, 0.05) is 20.3 Å². The summed E-state index contributed by atoms with van der Waals surface area (Å²) in [4.78, 5) is 25.0. The zero-order chi connectivity index (χ0) is 13.1. The van der Waals surface area contributed by atoms with Crippen molar-refractivity contribution in [3.8, 4) is 5.88 Å². The third kappa shape index (κ3) is 2.65. The second-order valence-corrected chi connectivity index (χ2v) is 4.11. The van der Waals surface area contributed by atoms with Crippen LogP contribution in [0.15, 0.2) is 18.5 Å². The third-order valence-electron chi connectivity index (χ3n) is 2.24. The van der Waals surface area contributed by atoms with E-state index < -0.39 is 0 Å². The van der Waals surface area contributed by atoms with Crippen molar-refractivity contribution < 1.29 is 9.53 Å². The van der Waals surface area contributed by atoms with Gasteiger partial charge in [-0.25, -0.2) is 15.0 Å². The van der Waals surface area contributed by atoms with Gasteiger partial charge < -0.3 is 9.64 Å². The van der Waals surface area contributed by atoms with Crippen molar-refractivity contribution in [2.45, 2.75) is 0 Å². The SMILES string of the molecule is CN(C)C(=O)COc1cnc2c(Cl)nccc2n1. The predicted molar refractivity (Wildman–Crippen MR) is 66.5 cm³/mol. The number of pyridine rings is 1. The van der Waals surface area contributed by atoms with Gasteiger partial charge in [-0.15, -0.1) is 0 Å². The molecule has 0 aliphatic rings. The predicted octanol–water partition coefficient (Wildman–Crippen LogP) is 1.15. The molecule has 2 heterocycles. The molecule has 0 atom stereocenters.